The molecular formula is C24H21ClN4O4. The number of amides is 3. The van der Waals surface area contributed by atoms with Gasteiger partial charge in [0.15, 0.2) is 6.61 Å². The van der Waals surface area contributed by atoms with Crippen molar-refractivity contribution in [3.8, 4) is 5.75 Å². The number of hydrazone groups is 1. The predicted octanol–water partition coefficient (Wildman–Crippen LogP) is 3.75. The van der Waals surface area contributed by atoms with E-state index in [2.05, 4.69) is 21.2 Å². The number of nitrogens with one attached hydrogen (secondary N) is 3. The molecule has 0 fully saturated rings. The summed E-state index contributed by atoms with van der Waals surface area (Å²) in [5, 5.41) is 9.54. The second-order valence-electron chi connectivity index (χ2n) is 6.88. The number of hydrogen-bond acceptors (Lipinski definition) is 5. The van der Waals surface area contributed by atoms with E-state index in [9.17, 15) is 14.4 Å². The monoisotopic (exact) mass is 464 g/mol. The summed E-state index contributed by atoms with van der Waals surface area (Å²) in [7, 11) is 0. The molecule has 33 heavy (non-hydrogen) atoms. The summed E-state index contributed by atoms with van der Waals surface area (Å²) in [5.41, 5.74) is 4.73. The number of nitrogens with zero attached hydrogens (tertiary/aromatic N) is 1. The number of para-hydroxylation sites is 1. The molecule has 3 amide bonds. The minimum absolute atomic E-state index is 0.138. The fraction of sp³-hybridized carbons (Fsp3) is 0.0833. The highest BCUT2D eigenvalue weighted by Crippen LogP contribution is 2.19. The minimum atomic E-state index is -0.912. The first kappa shape index (κ1) is 23.5. The third-order valence-electron chi connectivity index (χ3n) is 4.33. The van der Waals surface area contributed by atoms with Gasteiger partial charge in [-0.1, -0.05) is 29.8 Å². The van der Waals surface area contributed by atoms with Crippen LogP contribution in [0.3, 0.4) is 0 Å². The first-order valence-electron chi connectivity index (χ1n) is 9.89. The van der Waals surface area contributed by atoms with Crippen molar-refractivity contribution in [3.63, 3.8) is 0 Å². The van der Waals surface area contributed by atoms with E-state index in [0.717, 1.165) is 5.56 Å². The van der Waals surface area contributed by atoms with E-state index < -0.39 is 11.8 Å². The van der Waals surface area contributed by atoms with Crippen molar-refractivity contribution < 1.29 is 19.1 Å². The Bertz CT molecular complexity index is 1160. The van der Waals surface area contributed by atoms with Crippen LogP contribution in [0, 0.1) is 6.92 Å². The van der Waals surface area contributed by atoms with Gasteiger partial charge in [0, 0.05) is 16.4 Å². The second kappa shape index (κ2) is 11.4. The van der Waals surface area contributed by atoms with Crippen molar-refractivity contribution >= 4 is 46.9 Å². The van der Waals surface area contributed by atoms with Crippen molar-refractivity contribution in [2.24, 2.45) is 5.10 Å². The summed E-state index contributed by atoms with van der Waals surface area (Å²) < 4.78 is 5.46. The van der Waals surface area contributed by atoms with E-state index in [-0.39, 0.29) is 12.5 Å². The third kappa shape index (κ3) is 7.48. The number of carbonyl (C=O) groups excluding carboxylic acids is 3. The Hall–Kier alpha value is -4.17. The Balaban J connectivity index is 1.44. The molecule has 0 atom stereocenters. The molecule has 0 bridgehead atoms. The summed E-state index contributed by atoms with van der Waals surface area (Å²) in [6.45, 7) is 1.63. The van der Waals surface area contributed by atoms with Crippen molar-refractivity contribution in [2.45, 2.75) is 6.92 Å². The molecule has 0 aliphatic carbocycles. The molecule has 0 unspecified atom stereocenters. The van der Waals surface area contributed by atoms with Crippen LogP contribution < -0.4 is 20.8 Å². The molecule has 3 aromatic carbocycles. The minimum Gasteiger partial charge on any atom is -0.484 e. The SMILES string of the molecule is Cc1cc(Cl)ccc1NC(=O)C(=O)N/N=C\c1ccc(OCC(=O)Nc2ccccc2)cc1. The average molecular weight is 465 g/mol. The molecule has 168 valence electrons. The maximum absolute atomic E-state index is 12.0. The molecule has 3 N–H and O–H groups in total. The van der Waals surface area contributed by atoms with Crippen LogP contribution in [0.2, 0.25) is 5.02 Å². The second-order valence-corrected chi connectivity index (χ2v) is 7.32. The quantitative estimate of drug-likeness (QED) is 0.281. The maximum Gasteiger partial charge on any atom is 0.329 e. The van der Waals surface area contributed by atoms with Crippen LogP contribution in [0.15, 0.2) is 77.9 Å². The van der Waals surface area contributed by atoms with E-state index in [1.807, 2.05) is 18.2 Å². The van der Waals surface area contributed by atoms with Gasteiger partial charge in [0.1, 0.15) is 5.75 Å². The molecule has 3 aromatic rings. The van der Waals surface area contributed by atoms with E-state index in [4.69, 9.17) is 16.3 Å². The fourth-order valence-electron chi connectivity index (χ4n) is 2.68. The lowest BCUT2D eigenvalue weighted by molar-refractivity contribution is -0.136. The van der Waals surface area contributed by atoms with Gasteiger partial charge in [-0.25, -0.2) is 5.43 Å². The molecule has 0 saturated carbocycles. The number of hydrogen-bond donors (Lipinski definition) is 3. The zero-order valence-electron chi connectivity index (χ0n) is 17.7. The van der Waals surface area contributed by atoms with Gasteiger partial charge in [0.25, 0.3) is 5.91 Å². The fourth-order valence-corrected chi connectivity index (χ4v) is 2.91. The van der Waals surface area contributed by atoms with Gasteiger partial charge in [0.2, 0.25) is 0 Å². The van der Waals surface area contributed by atoms with Crippen LogP contribution in [0.4, 0.5) is 11.4 Å². The Labute approximate surface area is 195 Å². The largest absolute Gasteiger partial charge is 0.484 e. The van der Waals surface area contributed by atoms with Gasteiger partial charge >= 0.3 is 11.8 Å². The molecular weight excluding hydrogens is 444 g/mol. The van der Waals surface area contributed by atoms with Gasteiger partial charge in [-0.2, -0.15) is 5.10 Å². The van der Waals surface area contributed by atoms with Crippen LogP contribution >= 0.6 is 11.6 Å². The maximum atomic E-state index is 12.0. The third-order valence-corrected chi connectivity index (χ3v) is 4.57. The van der Waals surface area contributed by atoms with Crippen LogP contribution in [0.1, 0.15) is 11.1 Å². The van der Waals surface area contributed by atoms with E-state index >= 15 is 0 Å². The smallest absolute Gasteiger partial charge is 0.329 e. The standard InChI is InChI=1S/C24H21ClN4O4/c1-16-13-18(25)9-12-21(16)28-23(31)24(32)29-26-14-17-7-10-20(11-8-17)33-15-22(30)27-19-5-3-2-4-6-19/h2-14H,15H2,1H3,(H,27,30)(H,28,31)(H,29,32)/b26-14-. The summed E-state index contributed by atoms with van der Waals surface area (Å²) in [6.07, 6.45) is 1.38. The molecule has 0 aliphatic rings. The number of anilines is 2. The van der Waals surface area contributed by atoms with Gasteiger partial charge in [-0.3, -0.25) is 14.4 Å². The molecule has 9 heteroatoms. The lowest BCUT2D eigenvalue weighted by atomic mass is 10.2. The Morgan fingerprint density at radius 1 is 0.939 bits per heavy atom. The highest BCUT2D eigenvalue weighted by atomic mass is 35.5. The number of benzene rings is 3. The summed E-state index contributed by atoms with van der Waals surface area (Å²) in [5.74, 6) is -1.54. The Morgan fingerprint density at radius 3 is 2.36 bits per heavy atom. The van der Waals surface area contributed by atoms with Crippen LogP contribution in [-0.4, -0.2) is 30.5 Å². The number of rotatable bonds is 7. The molecule has 0 aliphatic heterocycles. The molecule has 0 heterocycles. The number of halogens is 1. The number of ether oxygens (including phenoxy) is 1. The zero-order valence-corrected chi connectivity index (χ0v) is 18.4. The van der Waals surface area contributed by atoms with Crippen LogP contribution in [0.5, 0.6) is 5.75 Å². The molecule has 0 saturated heterocycles. The summed E-state index contributed by atoms with van der Waals surface area (Å²) in [6, 6.07) is 20.7. The normalized spacial score (nSPS) is 10.5. The van der Waals surface area contributed by atoms with E-state index in [1.54, 1.807) is 61.5 Å². The van der Waals surface area contributed by atoms with Crippen molar-refractivity contribution in [1.82, 2.24) is 5.43 Å². The predicted molar refractivity (Wildman–Crippen MR) is 128 cm³/mol. The first-order chi connectivity index (χ1) is 15.9. The zero-order chi connectivity index (χ0) is 23.6. The lowest BCUT2D eigenvalue weighted by Gasteiger charge is -2.08. The van der Waals surface area contributed by atoms with Gasteiger partial charge in [-0.05, 0) is 72.6 Å². The Kier molecular flexibility index (Phi) is 8.15. The summed E-state index contributed by atoms with van der Waals surface area (Å²) >= 11 is 5.88. The first-order valence-corrected chi connectivity index (χ1v) is 10.3. The van der Waals surface area contributed by atoms with Crippen molar-refractivity contribution in [1.29, 1.82) is 0 Å². The molecule has 3 rings (SSSR count). The lowest BCUT2D eigenvalue weighted by Crippen LogP contribution is -2.32. The number of carbonyl (C=O) groups is 3. The molecule has 8 nitrogen and oxygen atoms in total. The summed E-state index contributed by atoms with van der Waals surface area (Å²) in [4.78, 5) is 35.9. The molecule has 0 aromatic heterocycles. The van der Waals surface area contributed by atoms with Crippen LogP contribution in [-0.2, 0) is 14.4 Å². The Morgan fingerprint density at radius 2 is 1.67 bits per heavy atom. The highest BCUT2D eigenvalue weighted by Gasteiger charge is 2.14. The van der Waals surface area contributed by atoms with Crippen LogP contribution in [0.25, 0.3) is 0 Å². The highest BCUT2D eigenvalue weighted by molar-refractivity contribution is 6.39. The van der Waals surface area contributed by atoms with Gasteiger partial charge in [0.05, 0.1) is 6.21 Å². The van der Waals surface area contributed by atoms with E-state index in [1.165, 1.54) is 6.21 Å². The van der Waals surface area contributed by atoms with Crippen molar-refractivity contribution in [2.75, 3.05) is 17.2 Å². The topological polar surface area (TPSA) is 109 Å². The van der Waals surface area contributed by atoms with Crippen molar-refractivity contribution in [3.05, 3.63) is 88.9 Å². The number of aryl methyl sites for hydroxylation is 1. The molecule has 0 spiro atoms. The van der Waals surface area contributed by atoms with Gasteiger partial charge < -0.3 is 15.4 Å². The van der Waals surface area contributed by atoms with Gasteiger partial charge in [-0.15, -0.1) is 0 Å². The van der Waals surface area contributed by atoms with E-state index in [0.29, 0.717) is 27.7 Å². The average Bonchev–Trinajstić information content (AvgIpc) is 2.81. The molecule has 0 radical (unpaired) electrons.